The van der Waals surface area contributed by atoms with E-state index in [-0.39, 0.29) is 5.91 Å². The smallest absolute Gasteiger partial charge is 0.254 e. The van der Waals surface area contributed by atoms with Gasteiger partial charge in [-0.3, -0.25) is 4.79 Å². The summed E-state index contributed by atoms with van der Waals surface area (Å²) >= 11 is 0. The van der Waals surface area contributed by atoms with Gasteiger partial charge in [0.05, 0.1) is 21.3 Å². The number of hydrogen-bond acceptors (Lipinski definition) is 4. The molecule has 1 saturated heterocycles. The fraction of sp³-hybridized carbons (Fsp3) is 0.562. The maximum atomic E-state index is 12.7. The van der Waals surface area contributed by atoms with Crippen molar-refractivity contribution >= 4 is 5.91 Å². The number of rotatable bonds is 5. The van der Waals surface area contributed by atoms with Gasteiger partial charge in [-0.25, -0.2) is 0 Å². The molecule has 1 aromatic carbocycles. The van der Waals surface area contributed by atoms with Gasteiger partial charge in [0.2, 0.25) is 5.75 Å². The Kier molecular flexibility index (Phi) is 4.94. The minimum Gasteiger partial charge on any atom is -0.493 e. The van der Waals surface area contributed by atoms with Crippen LogP contribution < -0.4 is 14.2 Å². The maximum absolute atomic E-state index is 12.7. The standard InChI is InChI=1S/C16H23NO4/c1-5-12-7-6-8-17(12)16(18)11-9-13(19-2)15(21-4)14(10-11)20-3/h9-10,12H,5-8H2,1-4H3. The van der Waals surface area contributed by atoms with Crippen molar-refractivity contribution in [1.29, 1.82) is 0 Å². The van der Waals surface area contributed by atoms with Gasteiger partial charge < -0.3 is 19.1 Å². The molecule has 0 aromatic heterocycles. The first-order valence-corrected chi connectivity index (χ1v) is 7.27. The van der Waals surface area contributed by atoms with Gasteiger partial charge in [-0.15, -0.1) is 0 Å². The van der Waals surface area contributed by atoms with E-state index in [1.54, 1.807) is 33.5 Å². The molecule has 1 unspecified atom stereocenters. The van der Waals surface area contributed by atoms with Crippen LogP contribution in [0, 0.1) is 0 Å². The average molecular weight is 293 g/mol. The third kappa shape index (κ3) is 2.91. The lowest BCUT2D eigenvalue weighted by Gasteiger charge is -2.24. The predicted octanol–water partition coefficient (Wildman–Crippen LogP) is 2.73. The summed E-state index contributed by atoms with van der Waals surface area (Å²) in [4.78, 5) is 14.7. The average Bonchev–Trinajstić information content (AvgIpc) is 3.01. The van der Waals surface area contributed by atoms with Gasteiger partial charge in [0.25, 0.3) is 5.91 Å². The van der Waals surface area contributed by atoms with Crippen LogP contribution in [0.4, 0.5) is 0 Å². The number of nitrogens with zero attached hydrogens (tertiary/aromatic N) is 1. The minimum atomic E-state index is 0.0265. The second kappa shape index (κ2) is 6.70. The largest absolute Gasteiger partial charge is 0.493 e. The van der Waals surface area contributed by atoms with Crippen molar-refractivity contribution in [2.24, 2.45) is 0 Å². The Labute approximate surface area is 125 Å². The molecular formula is C16H23NO4. The van der Waals surface area contributed by atoms with Crippen molar-refractivity contribution in [3.63, 3.8) is 0 Å². The van der Waals surface area contributed by atoms with Gasteiger partial charge in [0, 0.05) is 18.2 Å². The van der Waals surface area contributed by atoms with Gasteiger partial charge in [-0.2, -0.15) is 0 Å². The highest BCUT2D eigenvalue weighted by Gasteiger charge is 2.29. The zero-order valence-corrected chi connectivity index (χ0v) is 13.1. The summed E-state index contributed by atoms with van der Waals surface area (Å²) in [6, 6.07) is 3.76. The predicted molar refractivity (Wildman–Crippen MR) is 80.4 cm³/mol. The highest BCUT2D eigenvalue weighted by molar-refractivity contribution is 5.96. The molecule has 2 rings (SSSR count). The Bertz CT molecular complexity index is 490. The van der Waals surface area contributed by atoms with Gasteiger partial charge in [-0.1, -0.05) is 6.92 Å². The number of amides is 1. The lowest BCUT2D eigenvalue weighted by Crippen LogP contribution is -2.35. The van der Waals surface area contributed by atoms with E-state index in [0.29, 0.717) is 28.9 Å². The molecule has 1 aliphatic heterocycles. The summed E-state index contributed by atoms with van der Waals surface area (Å²) in [5.41, 5.74) is 0.574. The first-order valence-electron chi connectivity index (χ1n) is 7.27. The molecule has 0 saturated carbocycles. The topological polar surface area (TPSA) is 48.0 Å². The van der Waals surface area contributed by atoms with Crippen molar-refractivity contribution in [2.75, 3.05) is 27.9 Å². The van der Waals surface area contributed by atoms with E-state index in [1.807, 2.05) is 4.90 Å². The van der Waals surface area contributed by atoms with Crippen LogP contribution in [-0.2, 0) is 0 Å². The molecule has 1 aromatic rings. The van der Waals surface area contributed by atoms with Crippen LogP contribution in [0.25, 0.3) is 0 Å². The van der Waals surface area contributed by atoms with Gasteiger partial charge in [0.15, 0.2) is 11.5 Å². The number of carbonyl (C=O) groups excluding carboxylic acids is 1. The van der Waals surface area contributed by atoms with Crippen LogP contribution in [0.1, 0.15) is 36.5 Å². The van der Waals surface area contributed by atoms with Crippen LogP contribution in [0.2, 0.25) is 0 Å². The Morgan fingerprint density at radius 3 is 2.29 bits per heavy atom. The van der Waals surface area contributed by atoms with Crippen LogP contribution in [-0.4, -0.2) is 44.7 Å². The summed E-state index contributed by atoms with van der Waals surface area (Å²) < 4.78 is 15.9. The van der Waals surface area contributed by atoms with Crippen molar-refractivity contribution in [2.45, 2.75) is 32.2 Å². The van der Waals surface area contributed by atoms with Crippen LogP contribution in [0.3, 0.4) is 0 Å². The highest BCUT2D eigenvalue weighted by Crippen LogP contribution is 2.39. The molecule has 0 spiro atoms. The van der Waals surface area contributed by atoms with E-state index in [4.69, 9.17) is 14.2 Å². The molecular weight excluding hydrogens is 270 g/mol. The molecule has 1 heterocycles. The van der Waals surface area contributed by atoms with Crippen molar-refractivity contribution in [3.05, 3.63) is 17.7 Å². The summed E-state index contributed by atoms with van der Waals surface area (Å²) in [5.74, 6) is 1.54. The Hall–Kier alpha value is -1.91. The first-order chi connectivity index (χ1) is 10.2. The molecule has 0 radical (unpaired) electrons. The van der Waals surface area contributed by atoms with E-state index in [2.05, 4.69) is 6.92 Å². The zero-order chi connectivity index (χ0) is 15.4. The Morgan fingerprint density at radius 2 is 1.81 bits per heavy atom. The van der Waals surface area contributed by atoms with E-state index in [1.165, 1.54) is 0 Å². The van der Waals surface area contributed by atoms with Gasteiger partial charge in [-0.05, 0) is 31.4 Å². The quantitative estimate of drug-likeness (QED) is 0.837. The summed E-state index contributed by atoms with van der Waals surface area (Å²) in [6.45, 7) is 2.93. The Morgan fingerprint density at radius 1 is 1.19 bits per heavy atom. The number of methoxy groups -OCH3 is 3. The molecule has 5 heteroatoms. The Balaban J connectivity index is 2.37. The maximum Gasteiger partial charge on any atom is 0.254 e. The lowest BCUT2D eigenvalue weighted by molar-refractivity contribution is 0.0733. The van der Waals surface area contributed by atoms with Crippen molar-refractivity contribution in [3.8, 4) is 17.2 Å². The molecule has 0 N–H and O–H groups in total. The fourth-order valence-corrected chi connectivity index (χ4v) is 2.90. The third-order valence-electron chi connectivity index (χ3n) is 4.02. The molecule has 1 aliphatic rings. The van der Waals surface area contributed by atoms with E-state index < -0.39 is 0 Å². The monoisotopic (exact) mass is 293 g/mol. The summed E-state index contributed by atoms with van der Waals surface area (Å²) in [7, 11) is 4.65. The molecule has 1 atom stereocenters. The van der Waals surface area contributed by atoms with E-state index in [0.717, 1.165) is 25.8 Å². The van der Waals surface area contributed by atoms with Crippen LogP contribution >= 0.6 is 0 Å². The number of likely N-dealkylation sites (tertiary alicyclic amines) is 1. The summed E-state index contributed by atoms with van der Waals surface area (Å²) in [6.07, 6.45) is 3.12. The second-order valence-electron chi connectivity index (χ2n) is 5.12. The van der Waals surface area contributed by atoms with Gasteiger partial charge in [0.1, 0.15) is 0 Å². The first kappa shape index (κ1) is 15.5. The second-order valence-corrected chi connectivity index (χ2v) is 5.12. The van der Waals surface area contributed by atoms with Gasteiger partial charge >= 0.3 is 0 Å². The summed E-state index contributed by atoms with van der Waals surface area (Å²) in [5, 5.41) is 0. The number of ether oxygens (including phenoxy) is 3. The molecule has 1 fully saturated rings. The minimum absolute atomic E-state index is 0.0265. The molecule has 116 valence electrons. The molecule has 1 amide bonds. The number of benzene rings is 1. The third-order valence-corrected chi connectivity index (χ3v) is 4.02. The number of carbonyl (C=O) groups is 1. The zero-order valence-electron chi connectivity index (χ0n) is 13.1. The van der Waals surface area contributed by atoms with E-state index in [9.17, 15) is 4.79 Å². The fourth-order valence-electron chi connectivity index (χ4n) is 2.90. The van der Waals surface area contributed by atoms with Crippen LogP contribution in [0.15, 0.2) is 12.1 Å². The number of hydrogen-bond donors (Lipinski definition) is 0. The van der Waals surface area contributed by atoms with E-state index >= 15 is 0 Å². The normalized spacial score (nSPS) is 17.7. The highest BCUT2D eigenvalue weighted by atomic mass is 16.5. The van der Waals surface area contributed by atoms with Crippen molar-refractivity contribution in [1.82, 2.24) is 4.90 Å². The molecule has 0 bridgehead atoms. The van der Waals surface area contributed by atoms with Crippen LogP contribution in [0.5, 0.6) is 17.2 Å². The lowest BCUT2D eigenvalue weighted by atomic mass is 10.1. The molecule has 5 nitrogen and oxygen atoms in total. The molecule has 0 aliphatic carbocycles. The van der Waals surface area contributed by atoms with Crippen molar-refractivity contribution < 1.29 is 19.0 Å². The SMILES string of the molecule is CCC1CCCN1C(=O)c1cc(OC)c(OC)c(OC)c1. The molecule has 21 heavy (non-hydrogen) atoms.